The maximum absolute atomic E-state index is 11.7. The average molecular weight is 236 g/mol. The second-order valence-corrected chi connectivity index (χ2v) is 5.50. The summed E-state index contributed by atoms with van der Waals surface area (Å²) in [7, 11) is -0.369. The number of sulfonamides is 1. The van der Waals surface area contributed by atoms with E-state index in [0.717, 1.165) is 0 Å². The highest BCUT2D eigenvalue weighted by Crippen LogP contribution is 2.06. The fourth-order valence-electron chi connectivity index (χ4n) is 1.37. The molecule has 0 aromatic heterocycles. The molecule has 1 aliphatic heterocycles. The fourth-order valence-corrected chi connectivity index (χ4v) is 2.68. The molecule has 0 unspecified atom stereocenters. The summed E-state index contributed by atoms with van der Waals surface area (Å²) in [5.74, 6) is -1.28. The highest BCUT2D eigenvalue weighted by atomic mass is 32.2. The van der Waals surface area contributed by atoms with Crippen LogP contribution in [0.5, 0.6) is 0 Å². The van der Waals surface area contributed by atoms with Gasteiger partial charge in [0.2, 0.25) is 10.0 Å². The number of carbonyl (C=O) groups excluding carboxylic acids is 1. The largest absolute Gasteiger partial charge is 0.468 e. The molecule has 1 saturated heterocycles. The number of carbonyl (C=O) groups is 1. The van der Waals surface area contributed by atoms with Gasteiger partial charge in [-0.2, -0.15) is 4.31 Å². The van der Waals surface area contributed by atoms with Crippen molar-refractivity contribution in [2.45, 2.75) is 0 Å². The molecular weight excluding hydrogens is 220 g/mol. The van der Waals surface area contributed by atoms with Crippen molar-refractivity contribution in [3.8, 4) is 0 Å². The summed E-state index contributed by atoms with van der Waals surface area (Å²) in [5, 5.41) is 0. The number of likely N-dealkylation sites (N-methyl/N-ethyl adjacent to an activating group) is 1. The van der Waals surface area contributed by atoms with E-state index < -0.39 is 21.7 Å². The minimum atomic E-state index is -3.49. The van der Waals surface area contributed by atoms with Crippen molar-refractivity contribution >= 4 is 16.0 Å². The van der Waals surface area contributed by atoms with Crippen LogP contribution >= 0.6 is 0 Å². The Hall–Kier alpha value is -0.660. The second kappa shape index (κ2) is 4.91. The van der Waals surface area contributed by atoms with Crippen LogP contribution in [0.4, 0.5) is 0 Å². The predicted molar refractivity (Wildman–Crippen MR) is 54.9 cm³/mol. The van der Waals surface area contributed by atoms with Gasteiger partial charge in [-0.05, 0) is 7.05 Å². The van der Waals surface area contributed by atoms with Crippen molar-refractivity contribution < 1.29 is 17.9 Å². The zero-order chi connectivity index (χ0) is 11.5. The van der Waals surface area contributed by atoms with Crippen molar-refractivity contribution in [3.63, 3.8) is 0 Å². The summed E-state index contributed by atoms with van der Waals surface area (Å²) in [6.45, 7) is 2.27. The van der Waals surface area contributed by atoms with E-state index in [1.54, 1.807) is 0 Å². The molecule has 0 saturated carbocycles. The summed E-state index contributed by atoms with van der Waals surface area (Å²) in [6.07, 6.45) is 0. The van der Waals surface area contributed by atoms with Gasteiger partial charge in [0.25, 0.3) is 0 Å². The number of rotatable bonds is 3. The quantitative estimate of drug-likeness (QED) is 0.572. The third kappa shape index (κ3) is 3.44. The normalized spacial score (nSPS) is 20.1. The van der Waals surface area contributed by atoms with Crippen molar-refractivity contribution in [2.24, 2.45) is 0 Å². The Labute approximate surface area is 89.8 Å². The molecule has 0 atom stereocenters. The third-order valence-corrected chi connectivity index (χ3v) is 4.14. The highest BCUT2D eigenvalue weighted by molar-refractivity contribution is 7.89. The molecule has 1 rings (SSSR count). The number of nitrogens with zero attached hydrogens (tertiary/aromatic N) is 2. The van der Waals surface area contributed by atoms with Gasteiger partial charge in [0.15, 0.2) is 5.75 Å². The van der Waals surface area contributed by atoms with Crippen LogP contribution in [0.15, 0.2) is 0 Å². The first-order valence-corrected chi connectivity index (χ1v) is 6.30. The van der Waals surface area contributed by atoms with E-state index in [2.05, 4.69) is 4.74 Å². The molecule has 0 aromatic carbocycles. The van der Waals surface area contributed by atoms with E-state index in [-0.39, 0.29) is 0 Å². The Balaban J connectivity index is 2.58. The average Bonchev–Trinajstić information content (AvgIpc) is 2.17. The molecule has 0 radical (unpaired) electrons. The van der Waals surface area contributed by atoms with Crippen LogP contribution in [0, 0.1) is 0 Å². The fraction of sp³-hybridized carbons (Fsp3) is 0.875. The molecule has 0 amide bonds. The van der Waals surface area contributed by atoms with Crippen LogP contribution in [-0.4, -0.2) is 69.7 Å². The zero-order valence-corrected chi connectivity index (χ0v) is 9.79. The Morgan fingerprint density at radius 1 is 1.27 bits per heavy atom. The van der Waals surface area contributed by atoms with Crippen LogP contribution < -0.4 is 0 Å². The van der Waals surface area contributed by atoms with Crippen molar-refractivity contribution in [2.75, 3.05) is 46.1 Å². The Kier molecular flexibility index (Phi) is 4.06. The first-order chi connectivity index (χ1) is 6.95. The number of methoxy groups -OCH3 is 1. The van der Waals surface area contributed by atoms with E-state index in [0.29, 0.717) is 26.2 Å². The molecule has 1 heterocycles. The van der Waals surface area contributed by atoms with Crippen molar-refractivity contribution in [1.82, 2.24) is 9.21 Å². The lowest BCUT2D eigenvalue weighted by molar-refractivity contribution is -0.137. The minimum Gasteiger partial charge on any atom is -0.468 e. The third-order valence-electron chi connectivity index (χ3n) is 2.38. The molecule has 7 heteroatoms. The van der Waals surface area contributed by atoms with Crippen LogP contribution in [0.1, 0.15) is 0 Å². The van der Waals surface area contributed by atoms with Crippen LogP contribution in [-0.2, 0) is 19.6 Å². The number of esters is 1. The van der Waals surface area contributed by atoms with E-state index >= 15 is 0 Å². The first-order valence-electron chi connectivity index (χ1n) is 4.69. The van der Waals surface area contributed by atoms with Gasteiger partial charge in [0.05, 0.1) is 7.11 Å². The van der Waals surface area contributed by atoms with Crippen molar-refractivity contribution in [1.29, 1.82) is 0 Å². The summed E-state index contributed by atoms with van der Waals surface area (Å²) >= 11 is 0. The van der Waals surface area contributed by atoms with Gasteiger partial charge in [-0.3, -0.25) is 4.79 Å². The van der Waals surface area contributed by atoms with Crippen LogP contribution in [0.2, 0.25) is 0 Å². The minimum absolute atomic E-state index is 0.440. The van der Waals surface area contributed by atoms with Gasteiger partial charge >= 0.3 is 5.97 Å². The van der Waals surface area contributed by atoms with E-state index in [1.165, 1.54) is 11.4 Å². The summed E-state index contributed by atoms with van der Waals surface area (Å²) in [5.41, 5.74) is 0. The van der Waals surface area contributed by atoms with E-state index in [9.17, 15) is 13.2 Å². The summed E-state index contributed by atoms with van der Waals surface area (Å²) in [4.78, 5) is 12.9. The predicted octanol–water partition coefficient (Wildman–Crippen LogP) is -1.26. The molecule has 1 fully saturated rings. The molecule has 6 nitrogen and oxygen atoms in total. The van der Waals surface area contributed by atoms with E-state index in [1.807, 2.05) is 11.9 Å². The van der Waals surface area contributed by atoms with Crippen LogP contribution in [0.3, 0.4) is 0 Å². The molecule has 0 spiro atoms. The first kappa shape index (κ1) is 12.4. The molecule has 1 aliphatic rings. The molecule has 0 N–H and O–H groups in total. The van der Waals surface area contributed by atoms with Gasteiger partial charge in [-0.25, -0.2) is 8.42 Å². The molecular formula is C8H16N2O4S. The topological polar surface area (TPSA) is 66.9 Å². The Morgan fingerprint density at radius 2 is 1.80 bits per heavy atom. The lowest BCUT2D eigenvalue weighted by Crippen LogP contribution is -2.48. The second-order valence-electron chi connectivity index (χ2n) is 3.53. The van der Waals surface area contributed by atoms with E-state index in [4.69, 9.17) is 0 Å². The van der Waals surface area contributed by atoms with Gasteiger partial charge in [0.1, 0.15) is 0 Å². The molecule has 0 aliphatic carbocycles. The molecule has 88 valence electrons. The maximum Gasteiger partial charge on any atom is 0.322 e. The Bertz CT molecular complexity index is 320. The summed E-state index contributed by atoms with van der Waals surface area (Å²) in [6, 6.07) is 0. The van der Waals surface area contributed by atoms with Crippen molar-refractivity contribution in [3.05, 3.63) is 0 Å². The lowest BCUT2D eigenvalue weighted by atomic mass is 10.4. The Morgan fingerprint density at radius 3 is 2.27 bits per heavy atom. The highest BCUT2D eigenvalue weighted by Gasteiger charge is 2.28. The maximum atomic E-state index is 11.7. The standard InChI is InChI=1S/C8H16N2O4S/c1-9-3-5-10(6-4-9)15(12,13)7-8(11)14-2/h3-7H2,1-2H3. The van der Waals surface area contributed by atoms with Gasteiger partial charge in [0, 0.05) is 26.2 Å². The van der Waals surface area contributed by atoms with Gasteiger partial charge in [-0.1, -0.05) is 0 Å². The number of hydrogen-bond donors (Lipinski definition) is 0. The summed E-state index contributed by atoms with van der Waals surface area (Å²) < 4.78 is 29.0. The number of piperazine rings is 1. The molecule has 0 bridgehead atoms. The van der Waals surface area contributed by atoms with Gasteiger partial charge in [-0.15, -0.1) is 0 Å². The van der Waals surface area contributed by atoms with Crippen LogP contribution in [0.25, 0.3) is 0 Å². The molecule has 0 aromatic rings. The zero-order valence-electron chi connectivity index (χ0n) is 8.97. The molecule has 15 heavy (non-hydrogen) atoms. The van der Waals surface area contributed by atoms with Gasteiger partial charge < -0.3 is 9.64 Å². The monoisotopic (exact) mass is 236 g/mol. The number of ether oxygens (including phenoxy) is 1. The number of hydrogen-bond acceptors (Lipinski definition) is 5. The SMILES string of the molecule is COC(=O)CS(=O)(=O)N1CCN(C)CC1. The lowest BCUT2D eigenvalue weighted by Gasteiger charge is -2.31. The smallest absolute Gasteiger partial charge is 0.322 e.